The Labute approximate surface area is 120 Å². The molecular weight excluding hydrogens is 346 g/mol. The van der Waals surface area contributed by atoms with Crippen LogP contribution in [0.25, 0.3) is 0 Å². The molecule has 0 bridgehead atoms. The van der Waals surface area contributed by atoms with Crippen LogP contribution in [0.15, 0.2) is 21.2 Å². The summed E-state index contributed by atoms with van der Waals surface area (Å²) >= 11 is 6.88. The van der Waals surface area contributed by atoms with Gasteiger partial charge in [-0.2, -0.15) is 0 Å². The standard InChI is InChI=1S/C12H19Br2N3/c1-3-17(4-2)7-5-6-15-12-11(14)8-10(13)9-16-12/h8-9H,3-7H2,1-2H3,(H,15,16). The third-order valence-corrected chi connectivity index (χ3v) is 3.68. The van der Waals surface area contributed by atoms with Crippen molar-refractivity contribution >= 4 is 37.7 Å². The van der Waals surface area contributed by atoms with E-state index in [0.717, 1.165) is 47.4 Å². The maximum absolute atomic E-state index is 4.32. The summed E-state index contributed by atoms with van der Waals surface area (Å²) < 4.78 is 1.98. The maximum Gasteiger partial charge on any atom is 0.140 e. The van der Waals surface area contributed by atoms with Crippen LogP contribution in [0.5, 0.6) is 0 Å². The number of nitrogens with zero attached hydrogens (tertiary/aromatic N) is 2. The predicted octanol–water partition coefficient (Wildman–Crippen LogP) is 3.75. The highest BCUT2D eigenvalue weighted by Crippen LogP contribution is 2.23. The highest BCUT2D eigenvalue weighted by Gasteiger charge is 2.02. The van der Waals surface area contributed by atoms with Gasteiger partial charge in [-0.3, -0.25) is 0 Å². The Morgan fingerprint density at radius 1 is 1.29 bits per heavy atom. The van der Waals surface area contributed by atoms with Gasteiger partial charge >= 0.3 is 0 Å². The van der Waals surface area contributed by atoms with E-state index in [0.29, 0.717) is 0 Å². The molecular formula is C12H19Br2N3. The van der Waals surface area contributed by atoms with E-state index in [9.17, 15) is 0 Å². The van der Waals surface area contributed by atoms with E-state index in [2.05, 4.69) is 60.9 Å². The Morgan fingerprint density at radius 3 is 2.59 bits per heavy atom. The summed E-state index contributed by atoms with van der Waals surface area (Å²) in [6.07, 6.45) is 2.93. The smallest absolute Gasteiger partial charge is 0.140 e. The van der Waals surface area contributed by atoms with Crippen LogP contribution in [-0.2, 0) is 0 Å². The van der Waals surface area contributed by atoms with E-state index < -0.39 is 0 Å². The Bertz CT molecular complexity index is 341. The van der Waals surface area contributed by atoms with Gasteiger partial charge in [0.1, 0.15) is 5.82 Å². The molecule has 0 aliphatic heterocycles. The molecule has 0 amide bonds. The summed E-state index contributed by atoms with van der Waals surface area (Å²) in [4.78, 5) is 6.74. The molecule has 0 atom stereocenters. The van der Waals surface area contributed by atoms with Gasteiger partial charge in [-0.05, 0) is 64.0 Å². The molecule has 17 heavy (non-hydrogen) atoms. The van der Waals surface area contributed by atoms with Crippen molar-refractivity contribution in [2.24, 2.45) is 0 Å². The van der Waals surface area contributed by atoms with Gasteiger partial charge in [0, 0.05) is 17.2 Å². The Hall–Kier alpha value is -0.130. The molecule has 5 heteroatoms. The lowest BCUT2D eigenvalue weighted by Gasteiger charge is -2.17. The number of rotatable bonds is 7. The molecule has 0 spiro atoms. The lowest BCUT2D eigenvalue weighted by molar-refractivity contribution is 0.303. The van der Waals surface area contributed by atoms with Crippen LogP contribution >= 0.6 is 31.9 Å². The van der Waals surface area contributed by atoms with Gasteiger partial charge in [-0.15, -0.1) is 0 Å². The van der Waals surface area contributed by atoms with E-state index >= 15 is 0 Å². The van der Waals surface area contributed by atoms with Crippen LogP contribution in [0.4, 0.5) is 5.82 Å². The SMILES string of the molecule is CCN(CC)CCCNc1ncc(Br)cc1Br. The first kappa shape index (κ1) is 14.9. The van der Waals surface area contributed by atoms with Gasteiger partial charge < -0.3 is 10.2 Å². The molecule has 1 aromatic rings. The van der Waals surface area contributed by atoms with Crippen LogP contribution in [0.2, 0.25) is 0 Å². The van der Waals surface area contributed by atoms with Crippen molar-refractivity contribution in [3.63, 3.8) is 0 Å². The molecule has 1 rings (SSSR count). The van der Waals surface area contributed by atoms with Crippen LogP contribution in [0, 0.1) is 0 Å². The van der Waals surface area contributed by atoms with Crippen LogP contribution in [0.3, 0.4) is 0 Å². The Morgan fingerprint density at radius 2 is 2.00 bits per heavy atom. The fourth-order valence-corrected chi connectivity index (χ4v) is 2.72. The number of hydrogen-bond donors (Lipinski definition) is 1. The van der Waals surface area contributed by atoms with Crippen molar-refractivity contribution < 1.29 is 0 Å². The lowest BCUT2D eigenvalue weighted by atomic mass is 10.3. The van der Waals surface area contributed by atoms with Crippen molar-refractivity contribution in [3.8, 4) is 0 Å². The highest BCUT2D eigenvalue weighted by molar-refractivity contribution is 9.11. The minimum absolute atomic E-state index is 0.910. The molecule has 0 fully saturated rings. The van der Waals surface area contributed by atoms with E-state index in [-0.39, 0.29) is 0 Å². The van der Waals surface area contributed by atoms with Crippen molar-refractivity contribution in [1.82, 2.24) is 9.88 Å². The summed E-state index contributed by atoms with van der Waals surface area (Å²) in [5, 5.41) is 3.34. The van der Waals surface area contributed by atoms with Crippen molar-refractivity contribution in [2.75, 3.05) is 31.5 Å². The summed E-state index contributed by atoms with van der Waals surface area (Å²) in [5.41, 5.74) is 0. The van der Waals surface area contributed by atoms with Crippen molar-refractivity contribution in [1.29, 1.82) is 0 Å². The van der Waals surface area contributed by atoms with Gasteiger partial charge in [0.05, 0.1) is 4.47 Å². The summed E-state index contributed by atoms with van der Waals surface area (Å²) in [5.74, 6) is 0.910. The second-order valence-corrected chi connectivity index (χ2v) is 5.56. The molecule has 3 nitrogen and oxygen atoms in total. The quantitative estimate of drug-likeness (QED) is 0.747. The molecule has 0 aromatic carbocycles. The van der Waals surface area contributed by atoms with Crippen LogP contribution in [-0.4, -0.2) is 36.1 Å². The zero-order valence-electron chi connectivity index (χ0n) is 10.3. The first-order valence-corrected chi connectivity index (χ1v) is 7.53. The third-order valence-electron chi connectivity index (χ3n) is 2.65. The molecule has 0 saturated carbocycles. The van der Waals surface area contributed by atoms with Gasteiger partial charge in [0.25, 0.3) is 0 Å². The molecule has 96 valence electrons. The molecule has 1 heterocycles. The molecule has 0 aliphatic carbocycles. The Balaban J connectivity index is 2.31. The third kappa shape index (κ3) is 5.36. The van der Waals surface area contributed by atoms with Crippen LogP contribution < -0.4 is 5.32 Å². The first-order chi connectivity index (χ1) is 8.17. The van der Waals surface area contributed by atoms with Crippen molar-refractivity contribution in [2.45, 2.75) is 20.3 Å². The average Bonchev–Trinajstić information content (AvgIpc) is 2.32. The normalized spacial score (nSPS) is 10.9. The minimum Gasteiger partial charge on any atom is -0.369 e. The van der Waals surface area contributed by atoms with Crippen molar-refractivity contribution in [3.05, 3.63) is 21.2 Å². The Kier molecular flexibility index (Phi) is 7.08. The number of aromatic nitrogens is 1. The number of pyridine rings is 1. The van der Waals surface area contributed by atoms with Gasteiger partial charge in [-0.1, -0.05) is 13.8 Å². The van der Waals surface area contributed by atoms with E-state index in [1.54, 1.807) is 6.20 Å². The molecule has 0 unspecified atom stereocenters. The second-order valence-electron chi connectivity index (χ2n) is 3.79. The van der Waals surface area contributed by atoms with Gasteiger partial charge in [0.2, 0.25) is 0 Å². The zero-order chi connectivity index (χ0) is 12.7. The monoisotopic (exact) mass is 363 g/mol. The van der Waals surface area contributed by atoms with E-state index in [1.807, 2.05) is 6.07 Å². The molecule has 0 aliphatic rings. The van der Waals surface area contributed by atoms with Gasteiger partial charge in [-0.25, -0.2) is 4.98 Å². The molecule has 1 aromatic heterocycles. The molecule has 0 radical (unpaired) electrons. The maximum atomic E-state index is 4.32. The lowest BCUT2D eigenvalue weighted by Crippen LogP contribution is -2.25. The molecule has 1 N–H and O–H groups in total. The van der Waals surface area contributed by atoms with Gasteiger partial charge in [0.15, 0.2) is 0 Å². The fraction of sp³-hybridized carbons (Fsp3) is 0.583. The minimum atomic E-state index is 0.910. The zero-order valence-corrected chi connectivity index (χ0v) is 13.5. The average molecular weight is 365 g/mol. The summed E-state index contributed by atoms with van der Waals surface area (Å²) in [7, 11) is 0. The largest absolute Gasteiger partial charge is 0.369 e. The van der Waals surface area contributed by atoms with E-state index in [1.165, 1.54) is 0 Å². The number of nitrogens with one attached hydrogen (secondary N) is 1. The summed E-state index contributed by atoms with van der Waals surface area (Å²) in [6.45, 7) is 8.72. The predicted molar refractivity (Wildman–Crippen MR) is 80.5 cm³/mol. The molecule has 0 saturated heterocycles. The summed E-state index contributed by atoms with van der Waals surface area (Å²) in [6, 6.07) is 2.00. The van der Waals surface area contributed by atoms with Crippen LogP contribution in [0.1, 0.15) is 20.3 Å². The number of halogens is 2. The first-order valence-electron chi connectivity index (χ1n) is 5.94. The fourth-order valence-electron chi connectivity index (χ4n) is 1.59. The highest BCUT2D eigenvalue weighted by atomic mass is 79.9. The van der Waals surface area contributed by atoms with E-state index in [4.69, 9.17) is 0 Å². The number of hydrogen-bond acceptors (Lipinski definition) is 3. The topological polar surface area (TPSA) is 28.2 Å². The number of anilines is 1. The second kappa shape index (κ2) is 8.06.